The maximum absolute atomic E-state index is 13.2. The maximum Gasteiger partial charge on any atom is 0.323 e. The Bertz CT molecular complexity index is 1350. The molecular formula is C25H27N7O3S. The average Bonchev–Trinajstić information content (AvgIpc) is 3.55. The summed E-state index contributed by atoms with van der Waals surface area (Å²) in [5.74, 6) is 0.403. The molecule has 3 N–H and O–H groups in total. The number of hydrogen-bond acceptors (Lipinski definition) is 7. The van der Waals surface area contributed by atoms with E-state index in [1.165, 1.54) is 0 Å². The molecule has 0 radical (unpaired) electrons. The number of carbonyl (C=O) groups is 2. The number of urea groups is 1. The minimum absolute atomic E-state index is 0.0552. The van der Waals surface area contributed by atoms with Gasteiger partial charge in [0.25, 0.3) is 5.91 Å². The van der Waals surface area contributed by atoms with E-state index in [0.29, 0.717) is 24.5 Å². The number of fused-ring (bicyclic) bond motifs is 1. The first-order valence-electron chi connectivity index (χ1n) is 11.9. The van der Waals surface area contributed by atoms with Crippen LogP contribution < -0.4 is 15.4 Å². The fraction of sp³-hybridized carbons (Fsp3) is 0.320. The summed E-state index contributed by atoms with van der Waals surface area (Å²) in [4.78, 5) is 35.3. The first-order valence-corrected chi connectivity index (χ1v) is 12.6. The third-order valence-electron chi connectivity index (χ3n) is 6.41. The van der Waals surface area contributed by atoms with Crippen molar-refractivity contribution in [3.63, 3.8) is 0 Å². The zero-order valence-corrected chi connectivity index (χ0v) is 20.7. The number of hydrogen-bond donors (Lipinski definition) is 3. The Balaban J connectivity index is 1.22. The molecule has 0 saturated carbocycles. The number of aromatic nitrogens is 4. The van der Waals surface area contributed by atoms with E-state index in [-0.39, 0.29) is 23.7 Å². The van der Waals surface area contributed by atoms with Crippen molar-refractivity contribution in [2.24, 2.45) is 0 Å². The first-order chi connectivity index (χ1) is 17.6. The predicted molar refractivity (Wildman–Crippen MR) is 137 cm³/mol. The molecule has 4 aromatic rings. The number of aromatic amines is 1. The highest BCUT2D eigenvalue weighted by atomic mass is 32.1. The maximum atomic E-state index is 13.2. The van der Waals surface area contributed by atoms with Gasteiger partial charge in [0.1, 0.15) is 5.75 Å². The number of methoxy groups -OCH3 is 1. The second-order valence-electron chi connectivity index (χ2n) is 8.60. The Kier molecular flexibility index (Phi) is 7.08. The van der Waals surface area contributed by atoms with Crippen LogP contribution in [0.4, 0.5) is 9.80 Å². The van der Waals surface area contributed by atoms with Gasteiger partial charge in [-0.25, -0.2) is 4.79 Å². The van der Waals surface area contributed by atoms with E-state index in [1.54, 1.807) is 24.4 Å². The van der Waals surface area contributed by atoms with Crippen molar-refractivity contribution in [2.45, 2.75) is 31.7 Å². The number of anilines is 1. The van der Waals surface area contributed by atoms with Crippen LogP contribution in [0.25, 0.3) is 10.9 Å². The minimum Gasteiger partial charge on any atom is -0.497 e. The standard InChI is InChI=1S/C25H27N7O3S/c1-35-18-7-8-20-19(13-18)16(15-28-20)9-11-27-23(33)22-24(36-31-30-22)29-25(34)32-12-3-2-6-21(32)17-5-4-10-26-14-17/h4-5,7-8,10,13-15,21,28H,2-3,6,9,11-12H2,1H3,(H,27,33)(H,29,34). The monoisotopic (exact) mass is 505 g/mol. The molecule has 0 spiro atoms. The summed E-state index contributed by atoms with van der Waals surface area (Å²) in [5.41, 5.74) is 3.19. The molecule has 186 valence electrons. The molecule has 10 nitrogen and oxygen atoms in total. The van der Waals surface area contributed by atoms with Crippen molar-refractivity contribution in [2.75, 3.05) is 25.5 Å². The summed E-state index contributed by atoms with van der Waals surface area (Å²) in [5, 5.41) is 11.1. The molecular weight excluding hydrogens is 478 g/mol. The van der Waals surface area contributed by atoms with Crippen LogP contribution in [0.3, 0.4) is 0 Å². The minimum atomic E-state index is -0.376. The van der Waals surface area contributed by atoms with Gasteiger partial charge in [0.05, 0.1) is 13.2 Å². The van der Waals surface area contributed by atoms with Crippen LogP contribution in [-0.4, -0.2) is 56.6 Å². The van der Waals surface area contributed by atoms with Crippen molar-refractivity contribution in [1.82, 2.24) is 29.8 Å². The molecule has 1 atom stereocenters. The number of rotatable bonds is 7. The summed E-state index contributed by atoms with van der Waals surface area (Å²) in [6, 6.07) is 9.38. The SMILES string of the molecule is COc1ccc2[nH]cc(CCNC(=O)c3nnsc3NC(=O)N3CCCCC3c3cccnc3)c2c1. The van der Waals surface area contributed by atoms with Gasteiger partial charge in [-0.15, -0.1) is 5.10 Å². The van der Waals surface area contributed by atoms with Crippen molar-refractivity contribution in [3.8, 4) is 5.75 Å². The lowest BCUT2D eigenvalue weighted by Gasteiger charge is -2.35. The van der Waals surface area contributed by atoms with E-state index < -0.39 is 0 Å². The van der Waals surface area contributed by atoms with Crippen molar-refractivity contribution >= 4 is 39.4 Å². The highest BCUT2D eigenvalue weighted by Gasteiger charge is 2.29. The molecule has 3 aromatic heterocycles. The van der Waals surface area contributed by atoms with Crippen LogP contribution in [0.15, 0.2) is 48.9 Å². The van der Waals surface area contributed by atoms with Crippen molar-refractivity contribution < 1.29 is 14.3 Å². The van der Waals surface area contributed by atoms with Gasteiger partial charge in [-0.3, -0.25) is 15.1 Å². The highest BCUT2D eigenvalue weighted by molar-refractivity contribution is 7.10. The van der Waals surface area contributed by atoms with Gasteiger partial charge >= 0.3 is 6.03 Å². The Morgan fingerprint density at radius 2 is 2.19 bits per heavy atom. The number of nitrogens with one attached hydrogen (secondary N) is 3. The summed E-state index contributed by atoms with van der Waals surface area (Å²) >= 11 is 0.993. The van der Waals surface area contributed by atoms with Gasteiger partial charge in [0.2, 0.25) is 0 Å². The van der Waals surface area contributed by atoms with E-state index in [4.69, 9.17) is 4.74 Å². The number of amides is 3. The molecule has 1 saturated heterocycles. The predicted octanol–water partition coefficient (Wildman–Crippen LogP) is 4.15. The van der Waals surface area contributed by atoms with Crippen LogP contribution in [0, 0.1) is 0 Å². The van der Waals surface area contributed by atoms with Gasteiger partial charge < -0.3 is 19.9 Å². The summed E-state index contributed by atoms with van der Waals surface area (Å²) in [7, 11) is 1.64. The van der Waals surface area contributed by atoms with Crippen LogP contribution in [0.2, 0.25) is 0 Å². The number of nitrogens with zero attached hydrogens (tertiary/aromatic N) is 4. The van der Waals surface area contributed by atoms with Gasteiger partial charge in [0.15, 0.2) is 10.7 Å². The second-order valence-corrected chi connectivity index (χ2v) is 9.36. The number of pyridine rings is 1. The Hall–Kier alpha value is -3.99. The molecule has 1 aliphatic heterocycles. The highest BCUT2D eigenvalue weighted by Crippen LogP contribution is 2.31. The molecule has 4 heterocycles. The van der Waals surface area contributed by atoms with E-state index in [1.807, 2.05) is 36.5 Å². The lowest BCUT2D eigenvalue weighted by atomic mass is 9.97. The zero-order chi connectivity index (χ0) is 24.9. The molecule has 1 aliphatic rings. The lowest BCUT2D eigenvalue weighted by molar-refractivity contribution is 0.0950. The number of ether oxygens (including phenoxy) is 1. The average molecular weight is 506 g/mol. The third-order valence-corrected chi connectivity index (χ3v) is 7.05. The summed E-state index contributed by atoms with van der Waals surface area (Å²) in [6.07, 6.45) is 8.92. The van der Waals surface area contributed by atoms with Gasteiger partial charge in [0, 0.05) is 54.1 Å². The van der Waals surface area contributed by atoms with Crippen LogP contribution in [0.1, 0.15) is 46.9 Å². The fourth-order valence-corrected chi connectivity index (χ4v) is 5.13. The molecule has 0 bridgehead atoms. The molecule has 11 heteroatoms. The molecule has 3 amide bonds. The van der Waals surface area contributed by atoms with Crippen molar-refractivity contribution in [3.05, 3.63) is 65.7 Å². The van der Waals surface area contributed by atoms with Crippen LogP contribution in [-0.2, 0) is 6.42 Å². The Labute approximate surface area is 212 Å². The normalized spacial score (nSPS) is 15.6. The van der Waals surface area contributed by atoms with E-state index >= 15 is 0 Å². The second kappa shape index (κ2) is 10.7. The first kappa shape index (κ1) is 23.7. The van der Waals surface area contributed by atoms with Gasteiger partial charge in [-0.2, -0.15) is 0 Å². The van der Waals surface area contributed by atoms with Crippen LogP contribution in [0.5, 0.6) is 5.75 Å². The zero-order valence-electron chi connectivity index (χ0n) is 19.9. The molecule has 5 rings (SSSR count). The molecule has 36 heavy (non-hydrogen) atoms. The number of likely N-dealkylation sites (tertiary alicyclic amines) is 1. The molecule has 0 aliphatic carbocycles. The quantitative estimate of drug-likeness (QED) is 0.346. The summed E-state index contributed by atoms with van der Waals surface area (Å²) < 4.78 is 9.23. The van der Waals surface area contributed by atoms with E-state index in [0.717, 1.165) is 58.6 Å². The number of H-pyrrole nitrogens is 1. The fourth-order valence-electron chi connectivity index (χ4n) is 4.57. The van der Waals surface area contributed by atoms with Crippen molar-refractivity contribution in [1.29, 1.82) is 0 Å². The number of benzene rings is 1. The third kappa shape index (κ3) is 5.01. The molecule has 1 unspecified atom stereocenters. The summed E-state index contributed by atoms with van der Waals surface area (Å²) in [6.45, 7) is 1.04. The van der Waals surface area contributed by atoms with Crippen LogP contribution >= 0.6 is 11.5 Å². The smallest absolute Gasteiger partial charge is 0.323 e. The topological polar surface area (TPSA) is 125 Å². The Morgan fingerprint density at radius 1 is 1.28 bits per heavy atom. The largest absolute Gasteiger partial charge is 0.497 e. The Morgan fingerprint density at radius 3 is 3.03 bits per heavy atom. The molecule has 1 aromatic carbocycles. The van der Waals surface area contributed by atoms with E-state index in [2.05, 4.69) is 30.2 Å². The van der Waals surface area contributed by atoms with E-state index in [9.17, 15) is 9.59 Å². The number of piperidine rings is 1. The number of carbonyl (C=O) groups excluding carboxylic acids is 2. The van der Waals surface area contributed by atoms with Gasteiger partial charge in [-0.05, 0) is 61.1 Å². The molecule has 1 fully saturated rings. The van der Waals surface area contributed by atoms with Gasteiger partial charge in [-0.1, -0.05) is 10.6 Å². The lowest BCUT2D eigenvalue weighted by Crippen LogP contribution is -2.41.